The van der Waals surface area contributed by atoms with Crippen molar-refractivity contribution in [1.29, 1.82) is 0 Å². The summed E-state index contributed by atoms with van der Waals surface area (Å²) in [7, 11) is 1.41. The number of aromatic nitrogens is 2. The van der Waals surface area contributed by atoms with Crippen molar-refractivity contribution in [3.8, 4) is 0 Å². The van der Waals surface area contributed by atoms with Crippen molar-refractivity contribution >= 4 is 29.1 Å². The second-order valence-corrected chi connectivity index (χ2v) is 5.88. The Kier molecular flexibility index (Phi) is 6.46. The van der Waals surface area contributed by atoms with E-state index in [0.29, 0.717) is 5.75 Å². The van der Waals surface area contributed by atoms with Gasteiger partial charge in [0.2, 0.25) is 0 Å². The highest BCUT2D eigenvalue weighted by atomic mass is 32.2. The minimum absolute atomic E-state index is 0.229. The number of nitrogens with one attached hydrogen (secondary N) is 1. The molecular weight excluding hydrogens is 258 g/mol. The number of hydrogen-bond acceptors (Lipinski definition) is 7. The van der Waals surface area contributed by atoms with Crippen molar-refractivity contribution in [3.63, 3.8) is 0 Å². The minimum atomic E-state index is -0.283. The Hall–Kier alpha value is -0.660. The average Bonchev–Trinajstić information content (AvgIpc) is 2.74. The topological polar surface area (TPSA) is 64.1 Å². The number of methoxy groups -OCH3 is 1. The number of hydrogen-bond donors (Lipinski definition) is 1. The Morgan fingerprint density at radius 3 is 2.88 bits per heavy atom. The second kappa shape index (κ2) is 7.62. The summed E-state index contributed by atoms with van der Waals surface area (Å²) in [5.41, 5.74) is 0. The number of esters is 1. The van der Waals surface area contributed by atoms with Crippen LogP contribution in [0.4, 0.5) is 0 Å². The van der Waals surface area contributed by atoms with Gasteiger partial charge in [-0.2, -0.15) is 0 Å². The van der Waals surface area contributed by atoms with Crippen LogP contribution in [0.25, 0.3) is 0 Å². The second-order valence-electron chi connectivity index (χ2n) is 3.43. The summed E-state index contributed by atoms with van der Waals surface area (Å²) in [5, 5.41) is 12.0. The van der Waals surface area contributed by atoms with E-state index in [0.717, 1.165) is 22.3 Å². The quantitative estimate of drug-likeness (QED) is 0.600. The Bertz CT molecular complexity index is 357. The summed E-state index contributed by atoms with van der Waals surface area (Å²) >= 11 is 3.06. The molecule has 17 heavy (non-hydrogen) atoms. The molecule has 96 valence electrons. The van der Waals surface area contributed by atoms with Crippen molar-refractivity contribution in [2.75, 3.05) is 19.4 Å². The molecule has 1 heterocycles. The predicted octanol–water partition coefficient (Wildman–Crippen LogP) is 1.48. The number of rotatable bonds is 7. The average molecular weight is 275 g/mol. The predicted molar refractivity (Wildman–Crippen MR) is 69.5 cm³/mol. The summed E-state index contributed by atoms with van der Waals surface area (Å²) < 4.78 is 5.64. The maximum Gasteiger partial charge on any atom is 0.323 e. The molecule has 0 aliphatic rings. The molecule has 0 saturated heterocycles. The molecule has 0 radical (unpaired) electrons. The van der Waals surface area contributed by atoms with E-state index in [1.165, 1.54) is 30.2 Å². The largest absolute Gasteiger partial charge is 0.468 e. The Morgan fingerprint density at radius 1 is 1.59 bits per heavy atom. The molecule has 0 aromatic carbocycles. The SMILES string of the molecule is CCCNC(CSc1nnc(C)s1)C(=O)OC. The Morgan fingerprint density at radius 2 is 2.35 bits per heavy atom. The van der Waals surface area contributed by atoms with Gasteiger partial charge in [-0.05, 0) is 19.9 Å². The molecular formula is C10H17N3O2S2. The zero-order chi connectivity index (χ0) is 12.7. The third-order valence-corrected chi connectivity index (χ3v) is 4.07. The highest BCUT2D eigenvalue weighted by Gasteiger charge is 2.19. The van der Waals surface area contributed by atoms with Crippen LogP contribution in [-0.4, -0.2) is 41.6 Å². The lowest BCUT2D eigenvalue weighted by atomic mass is 10.3. The van der Waals surface area contributed by atoms with Crippen molar-refractivity contribution in [3.05, 3.63) is 5.01 Å². The van der Waals surface area contributed by atoms with Gasteiger partial charge in [0.25, 0.3) is 0 Å². The molecule has 1 rings (SSSR count). The maximum absolute atomic E-state index is 11.5. The van der Waals surface area contributed by atoms with Crippen LogP contribution < -0.4 is 5.32 Å². The van der Waals surface area contributed by atoms with Gasteiger partial charge >= 0.3 is 5.97 Å². The molecule has 0 amide bonds. The van der Waals surface area contributed by atoms with Gasteiger partial charge in [0.05, 0.1) is 7.11 Å². The van der Waals surface area contributed by atoms with Gasteiger partial charge in [0, 0.05) is 5.75 Å². The number of thioether (sulfide) groups is 1. The summed E-state index contributed by atoms with van der Waals surface area (Å²) in [6.45, 7) is 4.77. The number of carbonyl (C=O) groups is 1. The molecule has 0 bridgehead atoms. The van der Waals surface area contributed by atoms with Crippen LogP contribution in [0.5, 0.6) is 0 Å². The fraction of sp³-hybridized carbons (Fsp3) is 0.700. The third-order valence-electron chi connectivity index (χ3n) is 2.01. The standard InChI is InChI=1S/C10H17N3O2S2/c1-4-5-11-8(9(14)15-3)6-16-10-13-12-7(2)17-10/h8,11H,4-6H2,1-3H3. The number of nitrogens with zero attached hydrogens (tertiary/aromatic N) is 2. The summed E-state index contributed by atoms with van der Waals surface area (Å²) in [4.78, 5) is 11.5. The van der Waals surface area contributed by atoms with E-state index in [-0.39, 0.29) is 12.0 Å². The van der Waals surface area contributed by atoms with Gasteiger partial charge in [-0.1, -0.05) is 30.0 Å². The van der Waals surface area contributed by atoms with E-state index < -0.39 is 0 Å². The van der Waals surface area contributed by atoms with Gasteiger partial charge in [-0.15, -0.1) is 10.2 Å². The fourth-order valence-corrected chi connectivity index (χ4v) is 3.04. The first-order valence-electron chi connectivity index (χ1n) is 5.41. The lowest BCUT2D eigenvalue weighted by Gasteiger charge is -2.14. The van der Waals surface area contributed by atoms with Gasteiger partial charge in [0.1, 0.15) is 11.0 Å². The fourth-order valence-electron chi connectivity index (χ4n) is 1.16. The van der Waals surface area contributed by atoms with Crippen LogP contribution in [0.3, 0.4) is 0 Å². The van der Waals surface area contributed by atoms with Crippen LogP contribution in [0, 0.1) is 6.92 Å². The summed E-state index contributed by atoms with van der Waals surface area (Å²) in [6, 6.07) is -0.283. The monoisotopic (exact) mass is 275 g/mol. The summed E-state index contributed by atoms with van der Waals surface area (Å²) in [6.07, 6.45) is 0.982. The molecule has 1 N–H and O–H groups in total. The van der Waals surface area contributed by atoms with Crippen LogP contribution >= 0.6 is 23.1 Å². The number of ether oxygens (including phenoxy) is 1. The molecule has 1 atom stereocenters. The van der Waals surface area contributed by atoms with Gasteiger partial charge in [-0.25, -0.2) is 0 Å². The molecule has 1 aromatic rings. The van der Waals surface area contributed by atoms with E-state index in [9.17, 15) is 4.79 Å². The van der Waals surface area contributed by atoms with Crippen LogP contribution in [0.2, 0.25) is 0 Å². The highest BCUT2D eigenvalue weighted by molar-refractivity contribution is 8.01. The number of aryl methyl sites for hydroxylation is 1. The lowest BCUT2D eigenvalue weighted by molar-refractivity contribution is -0.142. The van der Waals surface area contributed by atoms with Crippen LogP contribution in [0.15, 0.2) is 4.34 Å². The van der Waals surface area contributed by atoms with Crippen molar-refractivity contribution < 1.29 is 9.53 Å². The molecule has 0 aliphatic carbocycles. The minimum Gasteiger partial charge on any atom is -0.468 e. The molecule has 1 aromatic heterocycles. The van der Waals surface area contributed by atoms with Gasteiger partial charge in [0.15, 0.2) is 4.34 Å². The van der Waals surface area contributed by atoms with Crippen molar-refractivity contribution in [1.82, 2.24) is 15.5 Å². The molecule has 0 fully saturated rings. The molecule has 0 saturated carbocycles. The lowest BCUT2D eigenvalue weighted by Crippen LogP contribution is -2.40. The van der Waals surface area contributed by atoms with Gasteiger partial charge < -0.3 is 10.1 Å². The van der Waals surface area contributed by atoms with E-state index in [1.807, 2.05) is 6.92 Å². The van der Waals surface area contributed by atoms with Crippen LogP contribution in [-0.2, 0) is 9.53 Å². The first-order valence-corrected chi connectivity index (χ1v) is 7.21. The Balaban J connectivity index is 2.45. The first kappa shape index (κ1) is 14.4. The third kappa shape index (κ3) is 5.01. The van der Waals surface area contributed by atoms with E-state index in [4.69, 9.17) is 4.74 Å². The molecule has 7 heteroatoms. The normalized spacial score (nSPS) is 12.4. The Labute approximate surface area is 109 Å². The molecule has 5 nitrogen and oxygen atoms in total. The van der Waals surface area contributed by atoms with E-state index in [1.54, 1.807) is 0 Å². The summed E-state index contributed by atoms with van der Waals surface area (Å²) in [5.74, 6) is 0.383. The first-order chi connectivity index (χ1) is 8.17. The number of carbonyl (C=O) groups excluding carboxylic acids is 1. The van der Waals surface area contributed by atoms with Crippen molar-refractivity contribution in [2.24, 2.45) is 0 Å². The zero-order valence-corrected chi connectivity index (χ0v) is 11.9. The van der Waals surface area contributed by atoms with E-state index >= 15 is 0 Å². The molecule has 1 unspecified atom stereocenters. The smallest absolute Gasteiger partial charge is 0.323 e. The zero-order valence-electron chi connectivity index (χ0n) is 10.2. The maximum atomic E-state index is 11.5. The van der Waals surface area contributed by atoms with Crippen molar-refractivity contribution in [2.45, 2.75) is 30.6 Å². The van der Waals surface area contributed by atoms with Gasteiger partial charge in [-0.3, -0.25) is 4.79 Å². The molecule has 0 spiro atoms. The highest BCUT2D eigenvalue weighted by Crippen LogP contribution is 2.22. The van der Waals surface area contributed by atoms with Crippen LogP contribution in [0.1, 0.15) is 18.4 Å². The van der Waals surface area contributed by atoms with E-state index in [2.05, 4.69) is 22.4 Å². The molecule has 0 aliphatic heterocycles.